The van der Waals surface area contributed by atoms with Crippen LogP contribution in [-0.2, 0) is 4.74 Å². The molecule has 1 amide bonds. The van der Waals surface area contributed by atoms with E-state index in [9.17, 15) is 4.79 Å². The fraction of sp³-hybridized carbons (Fsp3) is 0.462. The third-order valence-corrected chi connectivity index (χ3v) is 4.71. The van der Waals surface area contributed by atoms with Crippen LogP contribution in [-0.4, -0.2) is 35.1 Å². The van der Waals surface area contributed by atoms with Crippen molar-refractivity contribution in [2.45, 2.75) is 25.9 Å². The van der Waals surface area contributed by atoms with Crippen molar-refractivity contribution in [1.29, 1.82) is 0 Å². The van der Waals surface area contributed by atoms with Gasteiger partial charge in [0.25, 0.3) is 5.91 Å². The summed E-state index contributed by atoms with van der Waals surface area (Å²) in [6.07, 6.45) is 4.18. The largest absolute Gasteiger partial charge is 0.376 e. The molecular weight excluding hydrogens is 308 g/mol. The standard InChI is InChI=1S/C13H16N4O2S2/c1-8-5-14-13(21-8)17-11(18)10-7-20-12(16-10)15-6-9-3-2-4-19-9/h5,7,9H,2-4,6H2,1H3,(H,15,16)(H,14,17,18)/t9-/m0/s1. The monoisotopic (exact) mass is 324 g/mol. The molecule has 0 spiro atoms. The molecule has 1 atom stereocenters. The van der Waals surface area contributed by atoms with Gasteiger partial charge in [-0.15, -0.1) is 22.7 Å². The molecule has 1 aliphatic heterocycles. The number of rotatable bonds is 5. The lowest BCUT2D eigenvalue weighted by Crippen LogP contribution is -2.18. The highest BCUT2D eigenvalue weighted by Crippen LogP contribution is 2.20. The van der Waals surface area contributed by atoms with Gasteiger partial charge in [0.05, 0.1) is 6.10 Å². The van der Waals surface area contributed by atoms with Gasteiger partial charge in [-0.2, -0.15) is 0 Å². The number of carbonyl (C=O) groups is 1. The van der Waals surface area contributed by atoms with Crippen molar-refractivity contribution in [2.24, 2.45) is 0 Å². The second-order valence-corrected chi connectivity index (χ2v) is 6.88. The third kappa shape index (κ3) is 3.78. The molecule has 112 valence electrons. The Kier molecular flexibility index (Phi) is 4.47. The van der Waals surface area contributed by atoms with E-state index in [0.29, 0.717) is 10.8 Å². The maximum Gasteiger partial charge on any atom is 0.276 e. The van der Waals surface area contributed by atoms with Gasteiger partial charge < -0.3 is 10.1 Å². The van der Waals surface area contributed by atoms with Crippen LogP contribution in [0.25, 0.3) is 0 Å². The number of thiazole rings is 2. The highest BCUT2D eigenvalue weighted by molar-refractivity contribution is 7.15. The lowest BCUT2D eigenvalue weighted by molar-refractivity contribution is 0.102. The zero-order valence-corrected chi connectivity index (χ0v) is 13.2. The Balaban J connectivity index is 1.54. The number of nitrogens with zero attached hydrogens (tertiary/aromatic N) is 2. The second-order valence-electron chi connectivity index (χ2n) is 4.78. The smallest absolute Gasteiger partial charge is 0.276 e. The number of carbonyl (C=O) groups excluding carboxylic acids is 1. The molecule has 0 radical (unpaired) electrons. The van der Waals surface area contributed by atoms with Gasteiger partial charge in [-0.3, -0.25) is 10.1 Å². The van der Waals surface area contributed by atoms with Gasteiger partial charge in [0.15, 0.2) is 10.3 Å². The molecule has 0 unspecified atom stereocenters. The maximum absolute atomic E-state index is 12.0. The molecule has 1 aliphatic rings. The van der Waals surface area contributed by atoms with E-state index in [4.69, 9.17) is 4.74 Å². The Morgan fingerprint density at radius 2 is 2.43 bits per heavy atom. The molecule has 8 heteroatoms. The van der Waals surface area contributed by atoms with E-state index in [1.165, 1.54) is 22.7 Å². The Morgan fingerprint density at radius 3 is 3.14 bits per heavy atom. The van der Waals surface area contributed by atoms with Crippen LogP contribution >= 0.6 is 22.7 Å². The SMILES string of the molecule is Cc1cnc(NC(=O)c2csc(NC[C@@H]3CCCO3)n2)s1. The quantitative estimate of drug-likeness (QED) is 0.884. The van der Waals surface area contributed by atoms with Crippen LogP contribution in [0.15, 0.2) is 11.6 Å². The first-order valence-electron chi connectivity index (χ1n) is 6.75. The third-order valence-electron chi connectivity index (χ3n) is 3.08. The van der Waals surface area contributed by atoms with E-state index in [2.05, 4.69) is 20.6 Å². The molecule has 1 saturated heterocycles. The summed E-state index contributed by atoms with van der Waals surface area (Å²) in [4.78, 5) is 21.5. The fourth-order valence-corrected chi connectivity index (χ4v) is 3.40. The van der Waals surface area contributed by atoms with E-state index in [0.717, 1.165) is 36.0 Å². The molecule has 1 fully saturated rings. The lowest BCUT2D eigenvalue weighted by atomic mass is 10.2. The minimum atomic E-state index is -0.231. The summed E-state index contributed by atoms with van der Waals surface area (Å²) in [5.74, 6) is -0.231. The van der Waals surface area contributed by atoms with Crippen LogP contribution < -0.4 is 10.6 Å². The number of aromatic nitrogens is 2. The summed E-state index contributed by atoms with van der Waals surface area (Å²) in [5, 5.41) is 9.05. The van der Waals surface area contributed by atoms with Gasteiger partial charge in [0.1, 0.15) is 5.69 Å². The van der Waals surface area contributed by atoms with Crippen LogP contribution in [0.1, 0.15) is 28.2 Å². The maximum atomic E-state index is 12.0. The van der Waals surface area contributed by atoms with Crippen molar-refractivity contribution in [2.75, 3.05) is 23.8 Å². The first kappa shape index (κ1) is 14.4. The molecule has 3 heterocycles. The molecule has 2 N–H and O–H groups in total. The predicted octanol–water partition coefficient (Wildman–Crippen LogP) is 2.75. The van der Waals surface area contributed by atoms with E-state index < -0.39 is 0 Å². The summed E-state index contributed by atoms with van der Waals surface area (Å²) in [6, 6.07) is 0. The average molecular weight is 324 g/mol. The van der Waals surface area contributed by atoms with E-state index >= 15 is 0 Å². The summed E-state index contributed by atoms with van der Waals surface area (Å²) < 4.78 is 5.54. The molecule has 0 aliphatic carbocycles. The molecule has 21 heavy (non-hydrogen) atoms. The fourth-order valence-electron chi connectivity index (χ4n) is 2.04. The van der Waals surface area contributed by atoms with Gasteiger partial charge in [-0.25, -0.2) is 9.97 Å². The number of nitrogens with one attached hydrogen (secondary N) is 2. The van der Waals surface area contributed by atoms with Crippen LogP contribution in [0.2, 0.25) is 0 Å². The van der Waals surface area contributed by atoms with Gasteiger partial charge in [0, 0.05) is 29.6 Å². The number of amides is 1. The first-order valence-corrected chi connectivity index (χ1v) is 8.45. The van der Waals surface area contributed by atoms with E-state index in [-0.39, 0.29) is 12.0 Å². The normalized spacial score (nSPS) is 17.9. The average Bonchev–Trinajstić information content (AvgIpc) is 3.17. The number of ether oxygens (including phenoxy) is 1. The Morgan fingerprint density at radius 1 is 1.52 bits per heavy atom. The van der Waals surface area contributed by atoms with E-state index in [1.807, 2.05) is 6.92 Å². The van der Waals surface area contributed by atoms with Crippen LogP contribution in [0.3, 0.4) is 0 Å². The van der Waals surface area contributed by atoms with Crippen molar-refractivity contribution in [3.8, 4) is 0 Å². The molecule has 2 aromatic heterocycles. The highest BCUT2D eigenvalue weighted by atomic mass is 32.1. The van der Waals surface area contributed by atoms with Crippen molar-refractivity contribution < 1.29 is 9.53 Å². The van der Waals surface area contributed by atoms with Gasteiger partial charge in [0.2, 0.25) is 0 Å². The van der Waals surface area contributed by atoms with Crippen LogP contribution in [0.4, 0.5) is 10.3 Å². The molecule has 0 bridgehead atoms. The Bertz CT molecular complexity index is 619. The zero-order valence-electron chi connectivity index (χ0n) is 11.6. The Labute approximate surface area is 130 Å². The number of anilines is 2. The minimum absolute atomic E-state index is 0.231. The van der Waals surface area contributed by atoms with Crippen molar-refractivity contribution in [3.05, 3.63) is 22.1 Å². The van der Waals surface area contributed by atoms with Gasteiger partial charge in [-0.05, 0) is 19.8 Å². The minimum Gasteiger partial charge on any atom is -0.376 e. The predicted molar refractivity (Wildman–Crippen MR) is 84.4 cm³/mol. The lowest BCUT2D eigenvalue weighted by Gasteiger charge is -2.08. The molecule has 6 nitrogen and oxygen atoms in total. The molecule has 0 aromatic carbocycles. The summed E-state index contributed by atoms with van der Waals surface area (Å²) in [6.45, 7) is 3.52. The van der Waals surface area contributed by atoms with Gasteiger partial charge >= 0.3 is 0 Å². The van der Waals surface area contributed by atoms with E-state index in [1.54, 1.807) is 11.6 Å². The highest BCUT2D eigenvalue weighted by Gasteiger charge is 2.17. The Hall–Kier alpha value is -1.51. The van der Waals surface area contributed by atoms with Gasteiger partial charge in [-0.1, -0.05) is 0 Å². The first-order chi connectivity index (χ1) is 10.2. The van der Waals surface area contributed by atoms with Crippen molar-refractivity contribution in [3.63, 3.8) is 0 Å². The zero-order chi connectivity index (χ0) is 14.7. The van der Waals surface area contributed by atoms with Crippen molar-refractivity contribution >= 4 is 38.8 Å². The van der Waals surface area contributed by atoms with Crippen LogP contribution in [0, 0.1) is 6.92 Å². The second kappa shape index (κ2) is 6.50. The summed E-state index contributed by atoms with van der Waals surface area (Å²) in [7, 11) is 0. The summed E-state index contributed by atoms with van der Waals surface area (Å²) in [5.41, 5.74) is 0.405. The molecular formula is C13H16N4O2S2. The number of hydrogen-bond acceptors (Lipinski definition) is 7. The van der Waals surface area contributed by atoms with Crippen LogP contribution in [0.5, 0.6) is 0 Å². The summed E-state index contributed by atoms with van der Waals surface area (Å²) >= 11 is 2.87. The molecule has 0 saturated carbocycles. The number of aryl methyl sites for hydroxylation is 1. The number of hydrogen-bond donors (Lipinski definition) is 2. The van der Waals surface area contributed by atoms with Crippen molar-refractivity contribution in [1.82, 2.24) is 9.97 Å². The topological polar surface area (TPSA) is 76.1 Å². The molecule has 3 rings (SSSR count). The molecule has 2 aromatic rings.